The first-order valence-corrected chi connectivity index (χ1v) is 4.46. The molecule has 0 aromatic carbocycles. The van der Waals surface area contributed by atoms with Crippen molar-refractivity contribution in [2.75, 3.05) is 20.2 Å². The molecule has 8 heteroatoms. The van der Waals surface area contributed by atoms with Gasteiger partial charge < -0.3 is 9.57 Å². The Kier molecular flexibility index (Phi) is 3.34. The molecule has 0 aromatic heterocycles. The van der Waals surface area contributed by atoms with Gasteiger partial charge in [-0.2, -0.15) is 8.42 Å². The van der Waals surface area contributed by atoms with E-state index in [-0.39, 0.29) is 6.10 Å². The maximum Gasteiger partial charge on any atom is 0.467 e. The third kappa shape index (κ3) is 3.09. The van der Waals surface area contributed by atoms with Gasteiger partial charge >= 0.3 is 16.6 Å². The van der Waals surface area contributed by atoms with Gasteiger partial charge in [0.25, 0.3) is 0 Å². The maximum absolute atomic E-state index is 10.6. The van der Waals surface area contributed by atoms with Crippen molar-refractivity contribution < 1.29 is 22.8 Å². The Morgan fingerprint density at radius 1 is 1.54 bits per heavy atom. The number of carbonyl (C=O) groups is 1. The molecule has 1 heterocycles. The van der Waals surface area contributed by atoms with E-state index in [1.54, 1.807) is 7.11 Å². The summed E-state index contributed by atoms with van der Waals surface area (Å²) in [4.78, 5) is 15.1. The number of methoxy groups -OCH3 is 1. The fraction of sp³-hybridized carbons (Fsp3) is 0.800. The minimum Gasteiger partial charge on any atom is -0.379 e. The lowest BCUT2D eigenvalue weighted by atomic mass is 10.2. The zero-order chi connectivity index (χ0) is 9.84. The Morgan fingerprint density at radius 2 is 2.15 bits per heavy atom. The molecule has 1 aliphatic heterocycles. The van der Waals surface area contributed by atoms with Crippen LogP contribution < -0.4 is 0 Å². The predicted molar refractivity (Wildman–Crippen MR) is 40.2 cm³/mol. The van der Waals surface area contributed by atoms with Crippen LogP contribution >= 0.6 is 0 Å². The Balaban J connectivity index is 2.28. The maximum atomic E-state index is 10.6. The fourth-order valence-electron chi connectivity index (χ4n) is 0.812. The highest BCUT2D eigenvalue weighted by Crippen LogP contribution is 2.11. The number of rotatable bonds is 2. The van der Waals surface area contributed by atoms with Crippen molar-refractivity contribution in [2.45, 2.75) is 6.10 Å². The molecule has 7 nitrogen and oxygen atoms in total. The monoisotopic (exact) mass is 208 g/mol. The summed E-state index contributed by atoms with van der Waals surface area (Å²) in [6.07, 6.45) is -1.10. The molecule has 1 rings (SSSR count). The molecule has 1 amide bonds. The number of hydrogen-bond acceptors (Lipinski definition) is 6. The van der Waals surface area contributed by atoms with Crippen LogP contribution in [0.1, 0.15) is 0 Å². The second-order valence-electron chi connectivity index (χ2n) is 2.37. The zero-order valence-corrected chi connectivity index (χ0v) is 7.65. The van der Waals surface area contributed by atoms with Crippen LogP contribution in [-0.2, 0) is 20.1 Å². The molecule has 1 fully saturated rings. The molecular weight excluding hydrogens is 200 g/mol. The number of nitrogens with zero attached hydrogens (tertiary/aromatic N) is 2. The molecule has 74 valence electrons. The second-order valence-corrected chi connectivity index (χ2v) is 2.99. The van der Waals surface area contributed by atoms with E-state index in [1.165, 1.54) is 5.06 Å². The summed E-state index contributed by atoms with van der Waals surface area (Å²) in [5.41, 5.74) is 0. The lowest BCUT2D eigenvalue weighted by Gasteiger charge is -2.34. The van der Waals surface area contributed by atoms with E-state index < -0.39 is 16.6 Å². The Bertz CT molecular complexity index is 310. The Labute approximate surface area is 75.9 Å². The summed E-state index contributed by atoms with van der Waals surface area (Å²) < 4.78 is 27.3. The highest BCUT2D eigenvalue weighted by molar-refractivity contribution is 7.62. The Morgan fingerprint density at radius 3 is 2.62 bits per heavy atom. The highest BCUT2D eigenvalue weighted by Gasteiger charge is 2.29. The van der Waals surface area contributed by atoms with Gasteiger partial charge in [0.2, 0.25) is 0 Å². The van der Waals surface area contributed by atoms with Crippen LogP contribution in [0.4, 0.5) is 4.79 Å². The number of hydrogen-bond donors (Lipinski definition) is 0. The molecule has 0 saturated carbocycles. The Hall–Kier alpha value is -0.990. The number of ether oxygens (including phenoxy) is 1. The van der Waals surface area contributed by atoms with Gasteiger partial charge in [0.15, 0.2) is 0 Å². The molecule has 0 radical (unpaired) electrons. The van der Waals surface area contributed by atoms with Gasteiger partial charge in [-0.3, -0.25) is 0 Å². The predicted octanol–water partition coefficient (Wildman–Crippen LogP) is -0.569. The molecule has 0 N–H and O–H groups in total. The molecule has 1 aliphatic rings. The third-order valence-corrected chi connectivity index (χ3v) is 1.80. The molecule has 0 atom stereocenters. The van der Waals surface area contributed by atoms with Gasteiger partial charge in [-0.25, -0.2) is 4.79 Å². The average Bonchev–Trinajstić information content (AvgIpc) is 1.94. The first kappa shape index (κ1) is 10.1. The molecule has 0 bridgehead atoms. The first-order valence-electron chi connectivity index (χ1n) is 3.42. The van der Waals surface area contributed by atoms with E-state index in [0.717, 1.165) is 0 Å². The molecular formula is C5H8N2O5S. The quantitative estimate of drug-likeness (QED) is 0.604. The van der Waals surface area contributed by atoms with Crippen molar-refractivity contribution in [1.82, 2.24) is 5.06 Å². The molecule has 1 saturated heterocycles. The van der Waals surface area contributed by atoms with E-state index in [2.05, 4.69) is 9.20 Å². The topological polar surface area (TPSA) is 85.3 Å². The van der Waals surface area contributed by atoms with Gasteiger partial charge in [-0.15, -0.1) is 5.06 Å². The van der Waals surface area contributed by atoms with Gasteiger partial charge in [0.1, 0.15) is 0 Å². The molecule has 0 spiro atoms. The van der Waals surface area contributed by atoms with Crippen molar-refractivity contribution in [3.63, 3.8) is 0 Å². The summed E-state index contributed by atoms with van der Waals surface area (Å²) in [6, 6.07) is 0. The van der Waals surface area contributed by atoms with Gasteiger partial charge in [0.05, 0.1) is 19.2 Å². The number of carbonyl (C=O) groups excluding carboxylic acids is 1. The summed E-state index contributed by atoms with van der Waals surface area (Å²) in [7, 11) is -1.22. The van der Waals surface area contributed by atoms with E-state index in [1.807, 2.05) is 0 Å². The summed E-state index contributed by atoms with van der Waals surface area (Å²) in [5, 5.41) is 1.27. The molecule has 0 unspecified atom stereocenters. The van der Waals surface area contributed by atoms with Gasteiger partial charge in [-0.1, -0.05) is 4.36 Å². The number of amides is 1. The van der Waals surface area contributed by atoms with Gasteiger partial charge in [0, 0.05) is 7.11 Å². The van der Waals surface area contributed by atoms with Crippen LogP contribution in [0.15, 0.2) is 4.36 Å². The van der Waals surface area contributed by atoms with Crippen molar-refractivity contribution in [3.05, 3.63) is 0 Å². The van der Waals surface area contributed by atoms with Crippen molar-refractivity contribution in [1.29, 1.82) is 0 Å². The first-order chi connectivity index (χ1) is 6.11. The van der Waals surface area contributed by atoms with Crippen LogP contribution in [0.5, 0.6) is 0 Å². The van der Waals surface area contributed by atoms with Crippen molar-refractivity contribution in [3.8, 4) is 0 Å². The van der Waals surface area contributed by atoms with E-state index >= 15 is 0 Å². The fourth-order valence-corrected chi connectivity index (χ4v) is 0.967. The van der Waals surface area contributed by atoms with Crippen LogP contribution in [0.2, 0.25) is 0 Å². The minimum absolute atomic E-state index is 0.0329. The molecule has 13 heavy (non-hydrogen) atoms. The molecule has 0 aliphatic carbocycles. The van der Waals surface area contributed by atoms with Crippen LogP contribution in [0.25, 0.3) is 0 Å². The number of hydroxylamine groups is 2. The van der Waals surface area contributed by atoms with E-state index in [4.69, 9.17) is 4.74 Å². The van der Waals surface area contributed by atoms with Crippen LogP contribution in [0.3, 0.4) is 0 Å². The van der Waals surface area contributed by atoms with E-state index in [9.17, 15) is 13.2 Å². The summed E-state index contributed by atoms with van der Waals surface area (Å²) in [6.45, 7) is 0.868. The smallest absolute Gasteiger partial charge is 0.379 e. The van der Waals surface area contributed by atoms with Crippen molar-refractivity contribution in [2.24, 2.45) is 4.36 Å². The van der Waals surface area contributed by atoms with Crippen LogP contribution in [-0.4, -0.2) is 45.9 Å². The highest BCUT2D eigenvalue weighted by atomic mass is 32.2. The lowest BCUT2D eigenvalue weighted by molar-refractivity contribution is -0.196. The summed E-state index contributed by atoms with van der Waals surface area (Å²) in [5.74, 6) is 0. The van der Waals surface area contributed by atoms with E-state index in [0.29, 0.717) is 13.1 Å². The van der Waals surface area contributed by atoms with Crippen molar-refractivity contribution >= 4 is 16.6 Å². The standard InChI is InChI=1S/C5H8N2O5S/c1-11-4-2-7(3-4)12-5(8)6-13(9)10/h4H,2-3H2,1H3. The second kappa shape index (κ2) is 4.30. The largest absolute Gasteiger partial charge is 0.467 e. The molecule has 0 aromatic rings. The van der Waals surface area contributed by atoms with Gasteiger partial charge in [-0.05, 0) is 0 Å². The lowest BCUT2D eigenvalue weighted by Crippen LogP contribution is -2.51. The minimum atomic E-state index is -2.76. The SMILES string of the molecule is COC1CN(OC(=O)N=S(=O)=O)C1. The zero-order valence-electron chi connectivity index (χ0n) is 6.84. The van der Waals surface area contributed by atoms with Crippen LogP contribution in [0, 0.1) is 0 Å². The average molecular weight is 208 g/mol. The normalized spacial score (nSPS) is 17.6. The third-order valence-electron chi connectivity index (χ3n) is 1.50. The summed E-state index contributed by atoms with van der Waals surface area (Å²) >= 11 is 0.